The summed E-state index contributed by atoms with van der Waals surface area (Å²) in [5.74, 6) is 0.569. The first-order chi connectivity index (χ1) is 12.3. The topological polar surface area (TPSA) is 79.7 Å². The third-order valence-electron chi connectivity index (χ3n) is 4.23. The van der Waals surface area contributed by atoms with Gasteiger partial charge in [0, 0.05) is 19.8 Å². The van der Waals surface area contributed by atoms with E-state index in [0.29, 0.717) is 6.61 Å². The number of esters is 1. The zero-order valence-corrected chi connectivity index (χ0v) is 16.7. The number of carbonyl (C=O) groups excluding carboxylic acids is 1. The molecule has 8 heteroatoms. The highest BCUT2D eigenvalue weighted by atomic mass is 32.2. The van der Waals surface area contributed by atoms with Crippen molar-refractivity contribution >= 4 is 34.9 Å². The van der Waals surface area contributed by atoms with Crippen molar-refractivity contribution in [3.63, 3.8) is 0 Å². The fourth-order valence-corrected chi connectivity index (χ4v) is 4.22. The first-order valence-electron chi connectivity index (χ1n) is 8.70. The second kappa shape index (κ2) is 7.26. The molecule has 7 nitrogen and oxygen atoms in total. The Kier molecular flexibility index (Phi) is 5.22. The fourth-order valence-electron chi connectivity index (χ4n) is 3.18. The molecule has 0 amide bonds. The van der Waals surface area contributed by atoms with E-state index in [1.807, 2.05) is 19.0 Å². The number of fused-ring (bicyclic) bond motifs is 1. The number of thioether (sulfide) groups is 1. The summed E-state index contributed by atoms with van der Waals surface area (Å²) in [4.78, 5) is 28.2. The maximum atomic E-state index is 11.7. The number of allylic oxidation sites excluding steroid dienone is 2. The van der Waals surface area contributed by atoms with Crippen molar-refractivity contribution in [2.45, 2.75) is 38.6 Å². The number of hydrogen-bond acceptors (Lipinski definition) is 8. The molecular formula is C18H25N5O2S. The maximum absolute atomic E-state index is 11.7. The summed E-state index contributed by atoms with van der Waals surface area (Å²) in [5, 5.41) is 4.42. The Labute approximate surface area is 158 Å². The second-order valence-corrected chi connectivity index (χ2v) is 8.39. The van der Waals surface area contributed by atoms with Crippen molar-refractivity contribution in [1.82, 2.24) is 9.97 Å². The maximum Gasteiger partial charge on any atom is 0.327 e. The minimum Gasteiger partial charge on any atom is -0.465 e. The average Bonchev–Trinajstić information content (AvgIpc) is 2.57. The van der Waals surface area contributed by atoms with Gasteiger partial charge in [-0.2, -0.15) is 0 Å². The molecule has 1 aliphatic carbocycles. The smallest absolute Gasteiger partial charge is 0.327 e. The number of aliphatic imine (C=N–C) groups is 1. The van der Waals surface area contributed by atoms with E-state index in [4.69, 9.17) is 4.74 Å². The largest absolute Gasteiger partial charge is 0.465 e. The van der Waals surface area contributed by atoms with Gasteiger partial charge in [0.15, 0.2) is 5.82 Å². The minimum absolute atomic E-state index is 0.0518. The summed E-state index contributed by atoms with van der Waals surface area (Å²) < 4.78 is 5.01. The Balaban J connectivity index is 1.95. The van der Waals surface area contributed by atoms with Gasteiger partial charge in [-0.25, -0.2) is 9.97 Å². The van der Waals surface area contributed by atoms with Crippen molar-refractivity contribution in [2.75, 3.05) is 37.5 Å². The summed E-state index contributed by atoms with van der Waals surface area (Å²) in [5.41, 5.74) is 3.06. The molecule has 2 aliphatic rings. The molecule has 140 valence electrons. The van der Waals surface area contributed by atoms with Gasteiger partial charge in [-0.1, -0.05) is 25.6 Å². The van der Waals surface area contributed by atoms with Crippen molar-refractivity contribution in [2.24, 2.45) is 10.4 Å². The van der Waals surface area contributed by atoms with E-state index in [2.05, 4.69) is 34.1 Å². The molecule has 3 rings (SSSR count). The molecule has 0 radical (unpaired) electrons. The van der Waals surface area contributed by atoms with Gasteiger partial charge in [0.25, 0.3) is 0 Å². The van der Waals surface area contributed by atoms with E-state index in [0.717, 1.165) is 45.7 Å². The molecule has 1 N–H and O–H groups in total. The highest BCUT2D eigenvalue weighted by molar-refractivity contribution is 8.04. The molecule has 0 saturated carbocycles. The lowest BCUT2D eigenvalue weighted by molar-refractivity contribution is -0.141. The third kappa shape index (κ3) is 3.85. The van der Waals surface area contributed by atoms with Crippen LogP contribution in [-0.4, -0.2) is 48.9 Å². The number of nitrogens with zero attached hydrogens (tertiary/aromatic N) is 4. The molecule has 0 bridgehead atoms. The number of ether oxygens (including phenoxy) is 1. The highest BCUT2D eigenvalue weighted by Gasteiger charge is 2.36. The van der Waals surface area contributed by atoms with Crippen molar-refractivity contribution < 1.29 is 9.53 Å². The predicted molar refractivity (Wildman–Crippen MR) is 105 cm³/mol. The number of hydrogen-bond donors (Lipinski definition) is 1. The highest BCUT2D eigenvalue weighted by Crippen LogP contribution is 2.49. The van der Waals surface area contributed by atoms with Crippen LogP contribution in [0.2, 0.25) is 0 Å². The normalized spacial score (nSPS) is 19.5. The number of anilines is 2. The number of rotatable bonds is 4. The van der Waals surface area contributed by atoms with Gasteiger partial charge in [-0.15, -0.1) is 0 Å². The summed E-state index contributed by atoms with van der Waals surface area (Å²) in [6.07, 6.45) is 3.31. The average molecular weight is 375 g/mol. The van der Waals surface area contributed by atoms with E-state index in [1.54, 1.807) is 25.0 Å². The molecule has 1 aromatic rings. The van der Waals surface area contributed by atoms with Crippen LogP contribution >= 0.6 is 11.8 Å². The molecule has 2 heterocycles. The molecule has 1 aromatic heterocycles. The quantitative estimate of drug-likeness (QED) is 0.640. The van der Waals surface area contributed by atoms with Gasteiger partial charge in [-0.3, -0.25) is 9.79 Å². The lowest BCUT2D eigenvalue weighted by Crippen LogP contribution is -2.30. The van der Waals surface area contributed by atoms with Crippen LogP contribution in [0.3, 0.4) is 0 Å². The predicted octanol–water partition coefficient (Wildman–Crippen LogP) is 3.10. The summed E-state index contributed by atoms with van der Waals surface area (Å²) >= 11 is 1.60. The fraction of sp³-hybridized carbons (Fsp3) is 0.556. The molecule has 0 atom stereocenters. The van der Waals surface area contributed by atoms with E-state index in [9.17, 15) is 4.79 Å². The van der Waals surface area contributed by atoms with Gasteiger partial charge in [0.05, 0.1) is 17.2 Å². The Hall–Kier alpha value is -2.09. The van der Waals surface area contributed by atoms with Crippen LogP contribution in [0.1, 0.15) is 33.6 Å². The van der Waals surface area contributed by atoms with Crippen LogP contribution in [0.5, 0.6) is 0 Å². The summed E-state index contributed by atoms with van der Waals surface area (Å²) in [6, 6.07) is 0. The van der Waals surface area contributed by atoms with E-state index < -0.39 is 0 Å². The van der Waals surface area contributed by atoms with Gasteiger partial charge in [-0.05, 0) is 25.2 Å². The molecule has 26 heavy (non-hydrogen) atoms. The monoisotopic (exact) mass is 375 g/mol. The molecule has 0 aromatic carbocycles. The standard InChI is InChI=1S/C18H25N5O2S/c1-6-25-13(24)9-19-11-7-18(2,3)8-12-15(11)26-17-14(22-12)16(23(4)5)20-10-21-17/h10,22H,6-9H2,1-5H3. The van der Waals surface area contributed by atoms with Crippen LogP contribution in [-0.2, 0) is 9.53 Å². The zero-order chi connectivity index (χ0) is 18.9. The van der Waals surface area contributed by atoms with E-state index in [-0.39, 0.29) is 17.9 Å². The van der Waals surface area contributed by atoms with E-state index >= 15 is 0 Å². The number of carbonyl (C=O) groups is 1. The first kappa shape index (κ1) is 18.7. The van der Waals surface area contributed by atoms with Crippen LogP contribution in [0.4, 0.5) is 11.5 Å². The summed E-state index contributed by atoms with van der Waals surface area (Å²) in [7, 11) is 3.94. The van der Waals surface area contributed by atoms with Crippen LogP contribution in [0.25, 0.3) is 0 Å². The Morgan fingerprint density at radius 3 is 2.85 bits per heavy atom. The van der Waals surface area contributed by atoms with Crippen molar-refractivity contribution in [1.29, 1.82) is 0 Å². The first-order valence-corrected chi connectivity index (χ1v) is 9.52. The number of aromatic nitrogens is 2. The van der Waals surface area contributed by atoms with Gasteiger partial charge in [0.2, 0.25) is 0 Å². The summed E-state index contributed by atoms with van der Waals surface area (Å²) in [6.45, 7) is 6.66. The second-order valence-electron chi connectivity index (χ2n) is 7.39. The Morgan fingerprint density at radius 2 is 2.15 bits per heavy atom. The molecule has 1 aliphatic heterocycles. The SMILES string of the molecule is CCOC(=O)CN=C1CC(C)(C)CC2=C1Sc1ncnc(N(C)C)c1N2. The lowest BCUT2D eigenvalue weighted by atomic mass is 9.78. The molecule has 0 spiro atoms. The van der Waals surface area contributed by atoms with Crippen LogP contribution in [0, 0.1) is 5.41 Å². The van der Waals surface area contributed by atoms with Crippen molar-refractivity contribution in [3.8, 4) is 0 Å². The molecule has 0 saturated heterocycles. The third-order valence-corrected chi connectivity index (χ3v) is 5.42. The molecular weight excluding hydrogens is 350 g/mol. The molecule has 0 unspecified atom stereocenters. The van der Waals surface area contributed by atoms with Crippen molar-refractivity contribution in [3.05, 3.63) is 16.9 Å². The van der Waals surface area contributed by atoms with Gasteiger partial charge >= 0.3 is 5.97 Å². The minimum atomic E-state index is -0.295. The lowest BCUT2D eigenvalue weighted by Gasteiger charge is -2.37. The zero-order valence-electron chi connectivity index (χ0n) is 15.9. The van der Waals surface area contributed by atoms with Crippen LogP contribution < -0.4 is 10.2 Å². The Morgan fingerprint density at radius 1 is 1.38 bits per heavy atom. The molecule has 0 fully saturated rings. The van der Waals surface area contributed by atoms with Gasteiger partial charge in [0.1, 0.15) is 23.6 Å². The Bertz CT molecular complexity index is 786. The van der Waals surface area contributed by atoms with Gasteiger partial charge < -0.3 is 15.0 Å². The number of nitrogens with one attached hydrogen (secondary N) is 1. The van der Waals surface area contributed by atoms with Crippen LogP contribution in [0.15, 0.2) is 26.9 Å². The van der Waals surface area contributed by atoms with E-state index in [1.165, 1.54) is 0 Å².